The summed E-state index contributed by atoms with van der Waals surface area (Å²) in [5.74, 6) is 1.51. The predicted octanol–water partition coefficient (Wildman–Crippen LogP) is 6.79. The molecule has 0 saturated heterocycles. The molecule has 4 aromatic carbocycles. The van der Waals surface area contributed by atoms with E-state index in [2.05, 4.69) is 40.5 Å². The van der Waals surface area contributed by atoms with Gasteiger partial charge < -0.3 is 14.2 Å². The summed E-state index contributed by atoms with van der Waals surface area (Å²) >= 11 is 0. The molecule has 0 fully saturated rings. The van der Waals surface area contributed by atoms with Crippen LogP contribution in [0.1, 0.15) is 0 Å². The van der Waals surface area contributed by atoms with Crippen LogP contribution in [0.2, 0.25) is 0 Å². The van der Waals surface area contributed by atoms with Crippen LogP contribution in [0, 0.1) is 18.3 Å². The maximum Gasteiger partial charge on any atom is 0.134 e. The van der Waals surface area contributed by atoms with Gasteiger partial charge in [0, 0.05) is 32.2 Å². The van der Waals surface area contributed by atoms with E-state index in [0.29, 0.717) is 0 Å². The first-order valence-electron chi connectivity index (χ1n) is 11.0. The van der Waals surface area contributed by atoms with Crippen LogP contribution in [-0.2, 0) is 21.1 Å². The predicted molar refractivity (Wildman–Crippen MR) is 132 cm³/mol. The van der Waals surface area contributed by atoms with Gasteiger partial charge in [0.1, 0.15) is 5.75 Å². The minimum absolute atomic E-state index is 0. The van der Waals surface area contributed by atoms with Gasteiger partial charge >= 0.3 is 0 Å². The zero-order chi connectivity index (χ0) is 22.5. The Hall–Kier alpha value is -4.08. The SMILES string of the molecule is [Pt].[c-]1c(N2c3[c-]c(-n4ncc5ccccc54)ccc3Oc3ccccc32)cccc1-n1[c-]ccc1. The first-order valence-corrected chi connectivity index (χ1v) is 11.0. The first-order chi connectivity index (χ1) is 16.8. The number of aromatic nitrogens is 3. The van der Waals surface area contributed by atoms with Crippen LogP contribution >= 0.6 is 0 Å². The average Bonchev–Trinajstić information content (AvgIpc) is 3.58. The summed E-state index contributed by atoms with van der Waals surface area (Å²) < 4.78 is 10.1. The topological polar surface area (TPSA) is 35.2 Å². The van der Waals surface area contributed by atoms with Gasteiger partial charge in [-0.15, -0.1) is 36.5 Å². The Morgan fingerprint density at radius 3 is 2.49 bits per heavy atom. The molecule has 35 heavy (non-hydrogen) atoms. The van der Waals surface area contributed by atoms with Gasteiger partial charge in [-0.25, -0.2) is 0 Å². The smallest absolute Gasteiger partial charge is 0.134 e. The van der Waals surface area contributed by atoms with E-state index >= 15 is 0 Å². The second kappa shape index (κ2) is 8.61. The van der Waals surface area contributed by atoms with Crippen LogP contribution in [0.25, 0.3) is 22.3 Å². The van der Waals surface area contributed by atoms with Crippen molar-refractivity contribution in [2.45, 2.75) is 0 Å². The minimum atomic E-state index is 0. The van der Waals surface area contributed by atoms with Crippen molar-refractivity contribution in [3.63, 3.8) is 0 Å². The molecule has 2 aromatic heterocycles. The molecule has 0 unspecified atom stereocenters. The van der Waals surface area contributed by atoms with Gasteiger partial charge in [-0.3, -0.25) is 4.68 Å². The second-order valence-electron chi connectivity index (χ2n) is 8.01. The van der Waals surface area contributed by atoms with Gasteiger partial charge in [-0.1, -0.05) is 42.2 Å². The van der Waals surface area contributed by atoms with Crippen molar-refractivity contribution >= 4 is 28.0 Å². The number of nitrogens with zero attached hydrogens (tertiary/aromatic N) is 4. The van der Waals surface area contributed by atoms with Crippen LogP contribution in [0.3, 0.4) is 0 Å². The fourth-order valence-corrected chi connectivity index (χ4v) is 4.37. The molecule has 0 saturated carbocycles. The average molecular weight is 633 g/mol. The molecule has 6 aromatic rings. The van der Waals surface area contributed by atoms with Crippen molar-refractivity contribution in [2.75, 3.05) is 4.90 Å². The van der Waals surface area contributed by atoms with E-state index in [0.717, 1.165) is 50.8 Å². The zero-order valence-corrected chi connectivity index (χ0v) is 20.6. The van der Waals surface area contributed by atoms with E-state index in [4.69, 9.17) is 4.74 Å². The van der Waals surface area contributed by atoms with Gasteiger partial charge in [0.2, 0.25) is 0 Å². The van der Waals surface area contributed by atoms with Gasteiger partial charge in [0.15, 0.2) is 0 Å². The summed E-state index contributed by atoms with van der Waals surface area (Å²) in [5.41, 5.74) is 5.39. The molecule has 0 spiro atoms. The Balaban J connectivity index is 0.00000229. The van der Waals surface area contributed by atoms with Crippen molar-refractivity contribution in [1.29, 1.82) is 0 Å². The summed E-state index contributed by atoms with van der Waals surface area (Å²) in [7, 11) is 0. The van der Waals surface area contributed by atoms with Crippen LogP contribution in [0.4, 0.5) is 17.1 Å². The zero-order valence-electron chi connectivity index (χ0n) is 18.3. The van der Waals surface area contributed by atoms with Crippen molar-refractivity contribution in [3.8, 4) is 22.9 Å². The summed E-state index contributed by atoms with van der Waals surface area (Å²) in [6.07, 6.45) is 7.02. The number of fused-ring (bicyclic) bond motifs is 3. The molecule has 1 aliphatic rings. The maximum atomic E-state index is 6.26. The second-order valence-corrected chi connectivity index (χ2v) is 8.01. The largest absolute Gasteiger partial charge is 0.513 e. The Morgan fingerprint density at radius 1 is 0.714 bits per heavy atom. The summed E-state index contributed by atoms with van der Waals surface area (Å²) in [4.78, 5) is 2.14. The quantitative estimate of drug-likeness (QED) is 0.201. The normalized spacial score (nSPS) is 11.9. The minimum Gasteiger partial charge on any atom is -0.513 e. The first kappa shape index (κ1) is 21.5. The molecule has 0 aliphatic carbocycles. The monoisotopic (exact) mass is 632 g/mol. The number of ether oxygens (including phenoxy) is 1. The van der Waals surface area contributed by atoms with E-state index in [1.54, 1.807) is 0 Å². The molecule has 7 rings (SSSR count). The molecule has 1 aliphatic heterocycles. The molecule has 172 valence electrons. The third kappa shape index (κ3) is 3.56. The molecule has 3 heterocycles. The molecule has 0 bridgehead atoms. The molecule has 0 atom stereocenters. The van der Waals surface area contributed by atoms with Crippen molar-refractivity contribution in [2.24, 2.45) is 0 Å². The van der Waals surface area contributed by atoms with Crippen LogP contribution < -0.4 is 9.64 Å². The van der Waals surface area contributed by atoms with Gasteiger partial charge in [0.05, 0.1) is 17.4 Å². The molecule has 6 heteroatoms. The molecule has 0 amide bonds. The van der Waals surface area contributed by atoms with Crippen LogP contribution in [0.15, 0.2) is 103 Å². The summed E-state index contributed by atoms with van der Waals surface area (Å²) in [6.45, 7) is 0. The van der Waals surface area contributed by atoms with Gasteiger partial charge in [-0.2, -0.15) is 35.1 Å². The Labute approximate surface area is 217 Å². The Morgan fingerprint density at radius 2 is 1.57 bits per heavy atom. The van der Waals surface area contributed by atoms with Gasteiger partial charge in [0.25, 0.3) is 0 Å². The molecule has 5 nitrogen and oxygen atoms in total. The number of rotatable bonds is 3. The van der Waals surface area contributed by atoms with Gasteiger partial charge in [-0.05, 0) is 29.6 Å². The molecule has 0 N–H and O–H groups in total. The maximum absolute atomic E-state index is 6.26. The summed E-state index contributed by atoms with van der Waals surface area (Å²) in [5, 5.41) is 5.69. The molecular formula is C29H17N4OPt-3. The van der Waals surface area contributed by atoms with Crippen LogP contribution in [-0.4, -0.2) is 14.3 Å². The van der Waals surface area contributed by atoms with E-state index in [1.165, 1.54) is 0 Å². The fourth-order valence-electron chi connectivity index (χ4n) is 4.37. The van der Waals surface area contributed by atoms with E-state index in [1.807, 2.05) is 101 Å². The third-order valence-electron chi connectivity index (χ3n) is 5.94. The number of hydrogen-bond donors (Lipinski definition) is 0. The standard InChI is InChI=1S/C29H17N4O.Pt/c1-2-11-25-21(8-1)20-30-33(25)24-14-15-29-27(19-24)32(26-12-3-4-13-28(26)34-29)23-10-7-9-22(18-23)31-16-5-6-17-31;/h1-16,20H;/q-3;. The number of benzene rings is 4. The number of anilines is 3. The van der Waals surface area contributed by atoms with Crippen molar-refractivity contribution < 1.29 is 25.8 Å². The van der Waals surface area contributed by atoms with Crippen molar-refractivity contribution in [1.82, 2.24) is 14.3 Å². The van der Waals surface area contributed by atoms with E-state index < -0.39 is 0 Å². The van der Waals surface area contributed by atoms with Crippen molar-refractivity contribution in [3.05, 3.63) is 122 Å². The van der Waals surface area contributed by atoms with E-state index in [9.17, 15) is 0 Å². The Bertz CT molecular complexity index is 1660. The fraction of sp³-hybridized carbons (Fsp3) is 0. The van der Waals surface area contributed by atoms with E-state index in [-0.39, 0.29) is 21.1 Å². The summed E-state index contributed by atoms with van der Waals surface area (Å²) in [6, 6.07) is 37.2. The Kier molecular flexibility index (Phi) is 5.27. The molecular weight excluding hydrogens is 615 g/mol. The molecule has 0 radical (unpaired) electrons. The van der Waals surface area contributed by atoms with Crippen LogP contribution in [0.5, 0.6) is 11.5 Å². The number of hydrogen-bond acceptors (Lipinski definition) is 3. The third-order valence-corrected chi connectivity index (χ3v) is 5.94. The number of para-hydroxylation sites is 3.